The lowest BCUT2D eigenvalue weighted by molar-refractivity contribution is 0.103. The zero-order valence-electron chi connectivity index (χ0n) is 18.3. The minimum Gasteiger partial charge on any atom is -0.396 e. The molecule has 2 aromatic heterocycles. The van der Waals surface area contributed by atoms with Gasteiger partial charge in [0.15, 0.2) is 5.82 Å². The number of halogens is 4. The zero-order chi connectivity index (χ0) is 26.0. The predicted molar refractivity (Wildman–Crippen MR) is 137 cm³/mol. The van der Waals surface area contributed by atoms with Gasteiger partial charge in [0.25, 0.3) is 0 Å². The first-order chi connectivity index (χ1) is 17.2. The van der Waals surface area contributed by atoms with Crippen LogP contribution in [0.25, 0.3) is 22.2 Å². The lowest BCUT2D eigenvalue weighted by atomic mass is 10.00. The fourth-order valence-corrected chi connectivity index (χ4v) is 3.75. The number of hydrogen-bond acceptors (Lipinski definition) is 5. The van der Waals surface area contributed by atoms with E-state index in [1.54, 1.807) is 12.3 Å². The summed E-state index contributed by atoms with van der Waals surface area (Å²) in [7, 11) is 0. The first kappa shape index (κ1) is 25.3. The number of aromatic amines is 1. The predicted octanol–water partition coefficient (Wildman–Crippen LogP) is 6.86. The number of nitrogens with one attached hydrogen (secondary N) is 1. The maximum atomic E-state index is 14.3. The summed E-state index contributed by atoms with van der Waals surface area (Å²) in [6.07, 6.45) is 3.05. The zero-order valence-corrected chi connectivity index (χ0v) is 20.1. The summed E-state index contributed by atoms with van der Waals surface area (Å²) in [6.45, 7) is 0. The lowest BCUT2D eigenvalue weighted by Crippen LogP contribution is -2.09. The number of aromatic nitrogens is 2. The normalized spacial score (nSPS) is 10.7. The molecular formula is C26H17F4N3OS2. The van der Waals surface area contributed by atoms with Crippen LogP contribution in [0.1, 0.15) is 15.9 Å². The molecular weight excluding hydrogens is 510 g/mol. The molecule has 0 amide bonds. The molecule has 10 heteroatoms. The standard InChI is InChI=1S/C20H13F2N3OS.C6H4F2S/c21-15-5-6-16(23)18(22)17(15)19(26)14-9-25-20-13(14)7-11(8-24-20)10-1-3-12(27)4-2-10;7-4-1-2-5(8)6(9)3-4/h1-9,27H,23H2,(H,24,25);1-3,9H. The molecule has 182 valence electrons. The first-order valence-corrected chi connectivity index (χ1v) is 11.2. The Morgan fingerprint density at radius 1 is 0.861 bits per heavy atom. The van der Waals surface area contributed by atoms with Crippen LogP contribution in [0.3, 0.4) is 0 Å². The summed E-state index contributed by atoms with van der Waals surface area (Å²) in [5.74, 6) is -3.80. The molecule has 5 aromatic rings. The van der Waals surface area contributed by atoms with Gasteiger partial charge in [-0.2, -0.15) is 0 Å². The van der Waals surface area contributed by atoms with Crippen molar-refractivity contribution in [1.82, 2.24) is 9.97 Å². The molecule has 0 fully saturated rings. The number of nitrogens with zero attached hydrogens (tertiary/aromatic N) is 1. The van der Waals surface area contributed by atoms with Crippen molar-refractivity contribution in [1.29, 1.82) is 0 Å². The number of thiol groups is 2. The van der Waals surface area contributed by atoms with Gasteiger partial charge in [0.2, 0.25) is 5.78 Å². The van der Waals surface area contributed by atoms with Crippen LogP contribution in [0.5, 0.6) is 0 Å². The molecule has 0 saturated carbocycles. The highest BCUT2D eigenvalue weighted by Gasteiger charge is 2.24. The van der Waals surface area contributed by atoms with Gasteiger partial charge in [-0.05, 0) is 54.1 Å². The van der Waals surface area contributed by atoms with Gasteiger partial charge in [0, 0.05) is 38.7 Å². The van der Waals surface area contributed by atoms with E-state index in [4.69, 9.17) is 5.73 Å². The van der Waals surface area contributed by atoms with E-state index in [1.807, 2.05) is 24.3 Å². The maximum Gasteiger partial charge on any atom is 0.201 e. The molecule has 0 bridgehead atoms. The topological polar surface area (TPSA) is 71.8 Å². The molecule has 0 aliphatic rings. The molecule has 0 aliphatic heterocycles. The number of nitrogens with two attached hydrogens (primary N) is 1. The maximum absolute atomic E-state index is 14.3. The number of carbonyl (C=O) groups is 1. The van der Waals surface area contributed by atoms with Crippen LogP contribution in [0, 0.1) is 23.3 Å². The Kier molecular flexibility index (Phi) is 7.37. The number of hydrogen-bond donors (Lipinski definition) is 4. The van der Waals surface area contributed by atoms with Gasteiger partial charge in [0.05, 0.1) is 11.3 Å². The van der Waals surface area contributed by atoms with Gasteiger partial charge >= 0.3 is 0 Å². The van der Waals surface area contributed by atoms with Crippen LogP contribution in [-0.4, -0.2) is 15.8 Å². The lowest BCUT2D eigenvalue weighted by Gasteiger charge is -2.06. The van der Waals surface area contributed by atoms with E-state index in [-0.39, 0.29) is 16.1 Å². The van der Waals surface area contributed by atoms with Crippen LogP contribution in [0.2, 0.25) is 0 Å². The molecule has 3 aromatic carbocycles. The number of ketones is 1. The molecule has 2 heterocycles. The Labute approximate surface area is 214 Å². The molecule has 0 aliphatic carbocycles. The quantitative estimate of drug-likeness (QED) is 0.0896. The van der Waals surface area contributed by atoms with Crippen molar-refractivity contribution in [3.05, 3.63) is 107 Å². The van der Waals surface area contributed by atoms with E-state index in [0.717, 1.165) is 46.4 Å². The van der Waals surface area contributed by atoms with Crippen LogP contribution in [0.15, 0.2) is 82.8 Å². The van der Waals surface area contributed by atoms with Crippen molar-refractivity contribution < 1.29 is 22.4 Å². The van der Waals surface area contributed by atoms with Gasteiger partial charge in [0.1, 0.15) is 23.1 Å². The first-order valence-electron chi connectivity index (χ1n) is 10.3. The average Bonchev–Trinajstić information content (AvgIpc) is 3.28. The molecule has 3 N–H and O–H groups in total. The molecule has 0 radical (unpaired) electrons. The number of pyridine rings is 1. The number of carbonyl (C=O) groups excluding carboxylic acids is 1. The number of H-pyrrole nitrogens is 1. The Morgan fingerprint density at radius 2 is 1.56 bits per heavy atom. The van der Waals surface area contributed by atoms with Crippen molar-refractivity contribution in [2.24, 2.45) is 0 Å². The monoisotopic (exact) mass is 527 g/mol. The average molecular weight is 528 g/mol. The molecule has 36 heavy (non-hydrogen) atoms. The molecule has 4 nitrogen and oxygen atoms in total. The summed E-state index contributed by atoms with van der Waals surface area (Å²) < 4.78 is 52.8. The van der Waals surface area contributed by atoms with E-state index in [2.05, 4.69) is 35.2 Å². The molecule has 0 atom stereocenters. The van der Waals surface area contributed by atoms with Crippen molar-refractivity contribution in [3.63, 3.8) is 0 Å². The minimum absolute atomic E-state index is 0.0370. The van der Waals surface area contributed by atoms with Crippen molar-refractivity contribution >= 4 is 47.8 Å². The Balaban J connectivity index is 0.000000286. The van der Waals surface area contributed by atoms with Gasteiger partial charge < -0.3 is 10.7 Å². The second-order valence-electron chi connectivity index (χ2n) is 7.62. The Morgan fingerprint density at radius 3 is 2.22 bits per heavy atom. The molecule has 0 saturated heterocycles. The summed E-state index contributed by atoms with van der Waals surface area (Å²) in [6, 6.07) is 14.3. The van der Waals surface area contributed by atoms with Crippen LogP contribution >= 0.6 is 25.3 Å². The minimum atomic E-state index is -1.07. The fraction of sp³-hybridized carbons (Fsp3) is 0. The molecule has 0 unspecified atom stereocenters. The van der Waals surface area contributed by atoms with Gasteiger partial charge in [-0.1, -0.05) is 12.1 Å². The van der Waals surface area contributed by atoms with Crippen molar-refractivity contribution in [2.45, 2.75) is 9.79 Å². The van der Waals surface area contributed by atoms with E-state index in [0.29, 0.717) is 11.0 Å². The third kappa shape index (κ3) is 5.24. The van der Waals surface area contributed by atoms with Gasteiger partial charge in [-0.25, -0.2) is 22.5 Å². The highest BCUT2D eigenvalue weighted by molar-refractivity contribution is 7.80. The smallest absolute Gasteiger partial charge is 0.201 e. The summed E-state index contributed by atoms with van der Waals surface area (Å²) >= 11 is 7.91. The third-order valence-electron chi connectivity index (χ3n) is 5.23. The van der Waals surface area contributed by atoms with Crippen LogP contribution in [0.4, 0.5) is 23.2 Å². The summed E-state index contributed by atoms with van der Waals surface area (Å²) in [4.78, 5) is 20.8. The Hall–Kier alpha value is -3.76. The number of fused-ring (bicyclic) bond motifs is 1. The molecule has 5 rings (SSSR count). The van der Waals surface area contributed by atoms with Crippen LogP contribution in [-0.2, 0) is 0 Å². The number of anilines is 1. The highest BCUT2D eigenvalue weighted by Crippen LogP contribution is 2.29. The fourth-order valence-electron chi connectivity index (χ4n) is 3.40. The van der Waals surface area contributed by atoms with E-state index in [9.17, 15) is 22.4 Å². The third-order valence-corrected chi connectivity index (χ3v) is 5.87. The van der Waals surface area contributed by atoms with E-state index < -0.39 is 34.6 Å². The Bertz CT molecular complexity index is 1590. The highest BCUT2D eigenvalue weighted by atomic mass is 32.1. The van der Waals surface area contributed by atoms with Crippen molar-refractivity contribution in [3.8, 4) is 11.1 Å². The molecule has 0 spiro atoms. The number of nitrogen functional groups attached to an aromatic ring is 1. The number of benzene rings is 3. The van der Waals surface area contributed by atoms with Crippen molar-refractivity contribution in [2.75, 3.05) is 5.73 Å². The summed E-state index contributed by atoms with van der Waals surface area (Å²) in [5.41, 5.74) is 6.72. The largest absolute Gasteiger partial charge is 0.396 e. The summed E-state index contributed by atoms with van der Waals surface area (Å²) in [5, 5.41) is 0.466. The second kappa shape index (κ2) is 10.5. The SMILES string of the molecule is Fc1ccc(F)c(S)c1.Nc1ccc(F)c(C(=O)c2c[nH]c3ncc(-c4ccc(S)cc4)cc23)c1F. The van der Waals surface area contributed by atoms with Gasteiger partial charge in [-0.3, -0.25) is 4.79 Å². The number of rotatable bonds is 3. The second-order valence-corrected chi connectivity index (χ2v) is 8.62. The van der Waals surface area contributed by atoms with Gasteiger partial charge in [-0.15, -0.1) is 25.3 Å². The van der Waals surface area contributed by atoms with Crippen LogP contribution < -0.4 is 5.73 Å². The van der Waals surface area contributed by atoms with E-state index >= 15 is 0 Å². The van der Waals surface area contributed by atoms with E-state index in [1.165, 1.54) is 6.20 Å².